The lowest BCUT2D eigenvalue weighted by atomic mass is 10.1. The van der Waals surface area contributed by atoms with E-state index in [4.69, 9.17) is 10.6 Å². The van der Waals surface area contributed by atoms with Crippen molar-refractivity contribution in [3.8, 4) is 11.8 Å². The molecular formula is C10H8BrN3O. The minimum absolute atomic E-state index is 0.0353. The molecule has 0 spiro atoms. The van der Waals surface area contributed by atoms with E-state index in [9.17, 15) is 0 Å². The van der Waals surface area contributed by atoms with Crippen molar-refractivity contribution in [2.75, 3.05) is 6.54 Å². The lowest BCUT2D eigenvalue weighted by Crippen LogP contribution is -1.86. The highest BCUT2D eigenvalue weighted by molar-refractivity contribution is 9.10. The Bertz CT molecular complexity index is 455. The first kappa shape index (κ1) is 11.6. The van der Waals surface area contributed by atoms with E-state index in [0.29, 0.717) is 0 Å². The number of nitrogens with zero attached hydrogens (tertiary/aromatic N) is 3. The third-order valence-corrected chi connectivity index (χ3v) is 2.44. The highest BCUT2D eigenvalue weighted by Crippen LogP contribution is 2.17. The zero-order chi connectivity index (χ0) is 11.1. The fourth-order valence-corrected chi connectivity index (χ4v) is 1.35. The SMILES string of the molecule is [N-]=[N+]=NCC#Cc1ccc(Br)c(CO)c1. The van der Waals surface area contributed by atoms with E-state index < -0.39 is 0 Å². The maximum absolute atomic E-state index is 9.01. The number of hydrogen-bond donors (Lipinski definition) is 1. The Kier molecular flexibility index (Phi) is 4.72. The van der Waals surface area contributed by atoms with Crippen LogP contribution in [0.1, 0.15) is 11.1 Å². The maximum atomic E-state index is 9.01. The molecule has 0 radical (unpaired) electrons. The Balaban J connectivity index is 2.85. The Hall–Kier alpha value is -1.47. The number of halogens is 1. The van der Waals surface area contributed by atoms with Gasteiger partial charge in [0.1, 0.15) is 0 Å². The molecule has 0 fully saturated rings. The fraction of sp³-hybridized carbons (Fsp3) is 0.200. The molecule has 0 aromatic heterocycles. The first-order valence-corrected chi connectivity index (χ1v) is 4.96. The molecule has 0 saturated heterocycles. The second-order valence-electron chi connectivity index (χ2n) is 2.66. The zero-order valence-corrected chi connectivity index (χ0v) is 9.40. The van der Waals surface area contributed by atoms with E-state index in [1.807, 2.05) is 12.1 Å². The molecule has 1 aromatic rings. The molecule has 0 aliphatic carbocycles. The summed E-state index contributed by atoms with van der Waals surface area (Å²) in [5.41, 5.74) is 9.60. The van der Waals surface area contributed by atoms with Gasteiger partial charge in [0.2, 0.25) is 0 Å². The van der Waals surface area contributed by atoms with E-state index in [0.717, 1.165) is 15.6 Å². The minimum Gasteiger partial charge on any atom is -0.392 e. The second-order valence-corrected chi connectivity index (χ2v) is 3.51. The van der Waals surface area contributed by atoms with Crippen molar-refractivity contribution < 1.29 is 5.11 Å². The smallest absolute Gasteiger partial charge is 0.0880 e. The van der Waals surface area contributed by atoms with Crippen LogP contribution in [0.25, 0.3) is 10.4 Å². The van der Waals surface area contributed by atoms with Crippen molar-refractivity contribution in [1.82, 2.24) is 0 Å². The van der Waals surface area contributed by atoms with E-state index in [1.54, 1.807) is 6.07 Å². The molecule has 76 valence electrons. The first-order valence-electron chi connectivity index (χ1n) is 4.17. The van der Waals surface area contributed by atoms with Crippen LogP contribution in [-0.4, -0.2) is 11.7 Å². The van der Waals surface area contributed by atoms with Crippen LogP contribution in [0.4, 0.5) is 0 Å². The summed E-state index contributed by atoms with van der Waals surface area (Å²) in [4.78, 5) is 2.59. The molecule has 0 unspecified atom stereocenters. The summed E-state index contributed by atoms with van der Waals surface area (Å²) in [7, 11) is 0. The van der Waals surface area contributed by atoms with Crippen LogP contribution in [0.15, 0.2) is 27.8 Å². The van der Waals surface area contributed by atoms with E-state index in [-0.39, 0.29) is 13.2 Å². The van der Waals surface area contributed by atoms with Gasteiger partial charge in [-0.25, -0.2) is 0 Å². The lowest BCUT2D eigenvalue weighted by Gasteiger charge is -2.00. The Morgan fingerprint density at radius 2 is 2.33 bits per heavy atom. The van der Waals surface area contributed by atoms with Gasteiger partial charge in [-0.1, -0.05) is 32.9 Å². The van der Waals surface area contributed by atoms with Crippen LogP contribution >= 0.6 is 15.9 Å². The average Bonchev–Trinajstić information content (AvgIpc) is 2.26. The van der Waals surface area contributed by atoms with Gasteiger partial charge in [0.15, 0.2) is 0 Å². The van der Waals surface area contributed by atoms with Gasteiger partial charge >= 0.3 is 0 Å². The van der Waals surface area contributed by atoms with Crippen LogP contribution in [0, 0.1) is 11.8 Å². The van der Waals surface area contributed by atoms with Gasteiger partial charge in [-0.05, 0) is 29.3 Å². The van der Waals surface area contributed by atoms with Crippen LogP contribution in [0.2, 0.25) is 0 Å². The number of benzene rings is 1. The van der Waals surface area contributed by atoms with Gasteiger partial charge < -0.3 is 5.11 Å². The molecule has 5 heteroatoms. The predicted molar refractivity (Wildman–Crippen MR) is 61.0 cm³/mol. The molecule has 0 saturated carbocycles. The molecule has 1 N–H and O–H groups in total. The second kappa shape index (κ2) is 6.10. The lowest BCUT2D eigenvalue weighted by molar-refractivity contribution is 0.281. The van der Waals surface area contributed by atoms with Crippen molar-refractivity contribution in [2.24, 2.45) is 5.11 Å². The third kappa shape index (κ3) is 3.64. The van der Waals surface area contributed by atoms with Gasteiger partial charge in [-0.15, -0.1) is 0 Å². The van der Waals surface area contributed by atoms with E-state index in [2.05, 4.69) is 37.8 Å². The molecule has 0 heterocycles. The fourth-order valence-electron chi connectivity index (χ4n) is 0.982. The van der Waals surface area contributed by atoms with Gasteiger partial charge in [0.25, 0.3) is 0 Å². The van der Waals surface area contributed by atoms with Crippen LogP contribution in [-0.2, 0) is 6.61 Å². The standard InChI is InChI=1S/C10H8BrN3O/c11-10-4-3-8(6-9(10)7-15)2-1-5-13-14-12/h3-4,6,15H,5,7H2. The highest BCUT2D eigenvalue weighted by atomic mass is 79.9. The minimum atomic E-state index is -0.0353. The Morgan fingerprint density at radius 1 is 1.53 bits per heavy atom. The summed E-state index contributed by atoms with van der Waals surface area (Å²) in [5, 5.41) is 12.3. The molecule has 1 aromatic carbocycles. The number of rotatable bonds is 2. The van der Waals surface area contributed by atoms with Crippen molar-refractivity contribution in [3.05, 3.63) is 44.2 Å². The summed E-state index contributed by atoms with van der Waals surface area (Å²) in [6, 6.07) is 5.43. The molecule has 15 heavy (non-hydrogen) atoms. The number of hydrogen-bond acceptors (Lipinski definition) is 2. The van der Waals surface area contributed by atoms with E-state index >= 15 is 0 Å². The molecular weight excluding hydrogens is 258 g/mol. The number of aliphatic hydroxyl groups excluding tert-OH is 1. The maximum Gasteiger partial charge on any atom is 0.0880 e. The van der Waals surface area contributed by atoms with Crippen molar-refractivity contribution in [3.63, 3.8) is 0 Å². The summed E-state index contributed by atoms with van der Waals surface area (Å²) in [6.07, 6.45) is 0. The molecule has 1 rings (SSSR count). The molecule has 0 bridgehead atoms. The summed E-state index contributed by atoms with van der Waals surface area (Å²) in [6.45, 7) is 0.119. The van der Waals surface area contributed by atoms with Gasteiger partial charge in [-0.3, -0.25) is 0 Å². The molecule has 0 aliphatic rings. The Labute approximate surface area is 95.7 Å². The Morgan fingerprint density at radius 3 is 3.00 bits per heavy atom. The average molecular weight is 266 g/mol. The van der Waals surface area contributed by atoms with Gasteiger partial charge in [0, 0.05) is 14.9 Å². The van der Waals surface area contributed by atoms with Crippen LogP contribution in [0.5, 0.6) is 0 Å². The zero-order valence-electron chi connectivity index (χ0n) is 7.81. The third-order valence-electron chi connectivity index (χ3n) is 1.66. The predicted octanol–water partition coefficient (Wildman–Crippen LogP) is 2.60. The quantitative estimate of drug-likeness (QED) is 0.380. The summed E-state index contributed by atoms with van der Waals surface area (Å²) >= 11 is 3.31. The number of azide groups is 1. The van der Waals surface area contributed by atoms with Crippen LogP contribution < -0.4 is 0 Å². The molecule has 0 aliphatic heterocycles. The highest BCUT2D eigenvalue weighted by Gasteiger charge is 1.97. The largest absolute Gasteiger partial charge is 0.392 e. The van der Waals surface area contributed by atoms with Crippen molar-refractivity contribution in [2.45, 2.75) is 6.61 Å². The van der Waals surface area contributed by atoms with Gasteiger partial charge in [-0.2, -0.15) is 0 Å². The normalized spacial score (nSPS) is 8.67. The molecule has 0 amide bonds. The topological polar surface area (TPSA) is 69.0 Å². The summed E-state index contributed by atoms with van der Waals surface area (Å²) in [5.74, 6) is 5.54. The van der Waals surface area contributed by atoms with Gasteiger partial charge in [0.05, 0.1) is 13.2 Å². The molecule has 0 atom stereocenters. The monoisotopic (exact) mass is 265 g/mol. The van der Waals surface area contributed by atoms with Crippen molar-refractivity contribution >= 4 is 15.9 Å². The van der Waals surface area contributed by atoms with Crippen molar-refractivity contribution in [1.29, 1.82) is 0 Å². The number of aliphatic hydroxyl groups is 1. The summed E-state index contributed by atoms with van der Waals surface area (Å²) < 4.78 is 0.852. The van der Waals surface area contributed by atoms with E-state index in [1.165, 1.54) is 0 Å². The van der Waals surface area contributed by atoms with Crippen LogP contribution in [0.3, 0.4) is 0 Å². The first-order chi connectivity index (χ1) is 7.27. The molecule has 4 nitrogen and oxygen atoms in total.